The highest BCUT2D eigenvalue weighted by atomic mass is 16.5. The third-order valence-corrected chi connectivity index (χ3v) is 2.75. The fourth-order valence-corrected chi connectivity index (χ4v) is 1.70. The van der Waals surface area contributed by atoms with Crippen molar-refractivity contribution in [3.8, 4) is 28.7 Å². The molecule has 2 heterocycles. The Balaban J connectivity index is 2.01. The van der Waals surface area contributed by atoms with Crippen LogP contribution in [0.2, 0.25) is 0 Å². The molecule has 0 unspecified atom stereocenters. The number of aromatic nitrogens is 4. The minimum Gasteiger partial charge on any atom is -0.506 e. The summed E-state index contributed by atoms with van der Waals surface area (Å²) in [5.74, 6) is 0.805. The van der Waals surface area contributed by atoms with Crippen molar-refractivity contribution >= 4 is 5.69 Å². The predicted octanol–water partition coefficient (Wildman–Crippen LogP) is 1.42. The number of rotatable bonds is 2. The lowest BCUT2D eigenvalue weighted by Gasteiger charge is -1.99. The van der Waals surface area contributed by atoms with Gasteiger partial charge in [0.2, 0.25) is 5.82 Å². The average Bonchev–Trinajstić information content (AvgIpc) is 3.01. The summed E-state index contributed by atoms with van der Waals surface area (Å²) < 4.78 is 6.98. The summed E-state index contributed by atoms with van der Waals surface area (Å²) in [4.78, 5) is 8.27. The first-order valence-electron chi connectivity index (χ1n) is 5.54. The summed E-state index contributed by atoms with van der Waals surface area (Å²) in [5.41, 5.74) is 7.29. The number of imidazole rings is 1. The minimum absolute atomic E-state index is 0.0233. The number of hydrogen-bond donors (Lipinski definition) is 2. The van der Waals surface area contributed by atoms with E-state index in [2.05, 4.69) is 15.1 Å². The highest BCUT2D eigenvalue weighted by Gasteiger charge is 2.13. The number of phenols is 1. The zero-order chi connectivity index (χ0) is 13.4. The SMILES string of the molecule is Cn1cncc1-c1noc(-c2ccc(O)c(N)c2)n1. The fourth-order valence-electron chi connectivity index (χ4n) is 1.70. The lowest BCUT2D eigenvalue weighted by atomic mass is 10.2. The number of nitrogens with two attached hydrogens (primary N) is 1. The van der Waals surface area contributed by atoms with Gasteiger partial charge in [-0.3, -0.25) is 0 Å². The van der Waals surface area contributed by atoms with Crippen LogP contribution in [0.5, 0.6) is 5.75 Å². The van der Waals surface area contributed by atoms with Crippen LogP contribution in [0, 0.1) is 0 Å². The smallest absolute Gasteiger partial charge is 0.258 e. The third-order valence-electron chi connectivity index (χ3n) is 2.75. The number of benzene rings is 1. The molecule has 0 spiro atoms. The van der Waals surface area contributed by atoms with Crippen LogP contribution in [-0.4, -0.2) is 24.8 Å². The molecule has 96 valence electrons. The van der Waals surface area contributed by atoms with E-state index < -0.39 is 0 Å². The molecule has 3 aromatic rings. The standard InChI is InChI=1S/C12H11N5O2/c1-17-6-14-5-9(17)11-15-12(19-16-11)7-2-3-10(18)8(13)4-7/h2-6,18H,13H2,1H3. The monoisotopic (exact) mass is 257 g/mol. The average molecular weight is 257 g/mol. The molecule has 0 saturated carbocycles. The molecule has 0 saturated heterocycles. The maximum Gasteiger partial charge on any atom is 0.258 e. The van der Waals surface area contributed by atoms with Crippen LogP contribution in [0.25, 0.3) is 23.0 Å². The summed E-state index contributed by atoms with van der Waals surface area (Å²) in [5, 5.41) is 13.3. The van der Waals surface area contributed by atoms with Gasteiger partial charge in [-0.05, 0) is 18.2 Å². The first-order valence-corrected chi connectivity index (χ1v) is 5.54. The predicted molar refractivity (Wildman–Crippen MR) is 68.0 cm³/mol. The summed E-state index contributed by atoms with van der Waals surface area (Å²) in [7, 11) is 1.84. The summed E-state index contributed by atoms with van der Waals surface area (Å²) in [6.45, 7) is 0. The van der Waals surface area contributed by atoms with Gasteiger partial charge in [0.15, 0.2) is 0 Å². The van der Waals surface area contributed by atoms with Crippen LogP contribution in [-0.2, 0) is 7.05 Å². The Hall–Kier alpha value is -2.83. The highest BCUT2D eigenvalue weighted by molar-refractivity contribution is 5.66. The van der Waals surface area contributed by atoms with E-state index >= 15 is 0 Å². The van der Waals surface area contributed by atoms with Crippen molar-refractivity contribution in [2.24, 2.45) is 7.05 Å². The number of anilines is 1. The Morgan fingerprint density at radius 3 is 2.89 bits per heavy atom. The molecule has 0 aliphatic rings. The molecule has 3 N–H and O–H groups in total. The van der Waals surface area contributed by atoms with Crippen molar-refractivity contribution in [3.63, 3.8) is 0 Å². The van der Waals surface area contributed by atoms with Gasteiger partial charge >= 0.3 is 0 Å². The zero-order valence-corrected chi connectivity index (χ0v) is 10.1. The van der Waals surface area contributed by atoms with Gasteiger partial charge < -0.3 is 19.9 Å². The molecule has 7 nitrogen and oxygen atoms in total. The molecule has 0 fully saturated rings. The van der Waals surface area contributed by atoms with E-state index in [9.17, 15) is 5.11 Å². The number of hydrogen-bond acceptors (Lipinski definition) is 6. The van der Waals surface area contributed by atoms with Crippen molar-refractivity contribution in [3.05, 3.63) is 30.7 Å². The molecular weight excluding hydrogens is 246 g/mol. The van der Waals surface area contributed by atoms with E-state index in [0.717, 1.165) is 5.69 Å². The van der Waals surface area contributed by atoms with Crippen molar-refractivity contribution in [2.75, 3.05) is 5.73 Å². The van der Waals surface area contributed by atoms with Crippen LogP contribution < -0.4 is 5.73 Å². The first-order chi connectivity index (χ1) is 9.15. The topological polar surface area (TPSA) is 103 Å². The van der Waals surface area contributed by atoms with Crippen molar-refractivity contribution in [1.82, 2.24) is 19.7 Å². The number of aromatic hydroxyl groups is 1. The summed E-state index contributed by atoms with van der Waals surface area (Å²) >= 11 is 0. The van der Waals surface area contributed by atoms with Gasteiger partial charge in [-0.15, -0.1) is 0 Å². The minimum atomic E-state index is 0.0233. The number of aryl methyl sites for hydroxylation is 1. The van der Waals surface area contributed by atoms with E-state index in [4.69, 9.17) is 10.3 Å². The second kappa shape index (κ2) is 4.13. The van der Waals surface area contributed by atoms with Gasteiger partial charge in [0.05, 0.1) is 18.2 Å². The van der Waals surface area contributed by atoms with Crippen molar-refractivity contribution < 1.29 is 9.63 Å². The number of nitrogen functional groups attached to an aromatic ring is 1. The molecule has 0 atom stereocenters. The first kappa shape index (κ1) is 11.3. The molecule has 19 heavy (non-hydrogen) atoms. The maximum atomic E-state index is 9.38. The van der Waals surface area contributed by atoms with Crippen molar-refractivity contribution in [2.45, 2.75) is 0 Å². The Kier molecular flexibility index (Phi) is 2.45. The molecule has 0 radical (unpaired) electrons. The summed E-state index contributed by atoms with van der Waals surface area (Å²) in [6.07, 6.45) is 3.31. The quantitative estimate of drug-likeness (QED) is 0.531. The normalized spacial score (nSPS) is 10.8. The van der Waals surface area contributed by atoms with Gasteiger partial charge in [-0.1, -0.05) is 5.16 Å². The van der Waals surface area contributed by atoms with Crippen LogP contribution in [0.3, 0.4) is 0 Å². The molecule has 0 bridgehead atoms. The highest BCUT2D eigenvalue weighted by Crippen LogP contribution is 2.27. The lowest BCUT2D eigenvalue weighted by Crippen LogP contribution is -1.91. The van der Waals surface area contributed by atoms with Gasteiger partial charge in [-0.25, -0.2) is 4.98 Å². The third kappa shape index (κ3) is 1.90. The zero-order valence-electron chi connectivity index (χ0n) is 10.1. The Bertz CT molecular complexity index is 731. The second-order valence-corrected chi connectivity index (χ2v) is 4.09. The molecule has 7 heteroatoms. The van der Waals surface area contributed by atoms with E-state index in [0.29, 0.717) is 17.3 Å². The number of nitrogens with zero attached hydrogens (tertiary/aromatic N) is 4. The molecule has 0 amide bonds. The van der Waals surface area contributed by atoms with E-state index in [1.165, 1.54) is 6.07 Å². The van der Waals surface area contributed by atoms with Gasteiger partial charge in [0.1, 0.15) is 11.4 Å². The van der Waals surface area contributed by atoms with E-state index in [1.807, 2.05) is 7.05 Å². The Labute approximate surface area is 108 Å². The largest absolute Gasteiger partial charge is 0.506 e. The summed E-state index contributed by atoms with van der Waals surface area (Å²) in [6, 6.07) is 4.72. The van der Waals surface area contributed by atoms with E-state index in [-0.39, 0.29) is 11.4 Å². The molecular formula is C12H11N5O2. The second-order valence-electron chi connectivity index (χ2n) is 4.09. The van der Waals surface area contributed by atoms with Gasteiger partial charge in [0, 0.05) is 12.6 Å². The Morgan fingerprint density at radius 2 is 2.21 bits per heavy atom. The lowest BCUT2D eigenvalue weighted by molar-refractivity contribution is 0.431. The van der Waals surface area contributed by atoms with Crippen LogP contribution in [0.15, 0.2) is 35.2 Å². The molecule has 1 aromatic carbocycles. The molecule has 2 aromatic heterocycles. The Morgan fingerprint density at radius 1 is 1.37 bits per heavy atom. The van der Waals surface area contributed by atoms with E-state index in [1.54, 1.807) is 29.2 Å². The van der Waals surface area contributed by atoms with Crippen molar-refractivity contribution in [1.29, 1.82) is 0 Å². The van der Waals surface area contributed by atoms with Crippen LogP contribution >= 0.6 is 0 Å². The fraction of sp³-hybridized carbons (Fsp3) is 0.0833. The molecule has 0 aliphatic carbocycles. The molecule has 3 rings (SSSR count). The number of phenolic OH excluding ortho intramolecular Hbond substituents is 1. The maximum absolute atomic E-state index is 9.38. The van der Waals surface area contributed by atoms with Gasteiger partial charge in [0.25, 0.3) is 5.89 Å². The van der Waals surface area contributed by atoms with Crippen LogP contribution in [0.1, 0.15) is 0 Å². The van der Waals surface area contributed by atoms with Crippen LogP contribution in [0.4, 0.5) is 5.69 Å². The molecule has 0 aliphatic heterocycles. The van der Waals surface area contributed by atoms with Gasteiger partial charge in [-0.2, -0.15) is 4.98 Å².